The zero-order valence-electron chi connectivity index (χ0n) is 9.93. The smallest absolute Gasteiger partial charge is 0.148 e. The predicted octanol–water partition coefficient (Wildman–Crippen LogP) is 1.19. The lowest BCUT2D eigenvalue weighted by Gasteiger charge is -2.29. The van der Waals surface area contributed by atoms with E-state index >= 15 is 0 Å². The molecule has 0 aliphatic carbocycles. The van der Waals surface area contributed by atoms with Gasteiger partial charge in [0.1, 0.15) is 22.5 Å². The van der Waals surface area contributed by atoms with E-state index in [4.69, 9.17) is 22.7 Å². The average molecular weight is 251 g/mol. The summed E-state index contributed by atoms with van der Waals surface area (Å²) in [4.78, 5) is 6.75. The van der Waals surface area contributed by atoms with Crippen molar-refractivity contribution >= 4 is 17.2 Å². The Balaban J connectivity index is 2.05. The normalized spacial score (nSPS) is 17.9. The summed E-state index contributed by atoms with van der Waals surface area (Å²) in [5.41, 5.74) is 6.21. The van der Waals surface area contributed by atoms with E-state index in [0.717, 1.165) is 25.9 Å². The fourth-order valence-electron chi connectivity index (χ4n) is 1.95. The molecule has 0 amide bonds. The summed E-state index contributed by atoms with van der Waals surface area (Å²) in [5, 5.41) is 0. The first-order valence-electron chi connectivity index (χ1n) is 5.77. The second-order valence-electron chi connectivity index (χ2n) is 4.33. The van der Waals surface area contributed by atoms with Crippen LogP contribution in [0.4, 0.5) is 0 Å². The van der Waals surface area contributed by atoms with Gasteiger partial charge in [-0.05, 0) is 32.0 Å². The maximum atomic E-state index is 5.94. The molecule has 5 heteroatoms. The van der Waals surface area contributed by atoms with Crippen molar-refractivity contribution < 1.29 is 4.74 Å². The molecule has 1 saturated heterocycles. The Hall–Kier alpha value is -1.20. The van der Waals surface area contributed by atoms with Crippen molar-refractivity contribution in [2.24, 2.45) is 5.73 Å². The van der Waals surface area contributed by atoms with Crippen LogP contribution in [0.5, 0.6) is 5.75 Å². The zero-order chi connectivity index (χ0) is 12.3. The van der Waals surface area contributed by atoms with Gasteiger partial charge in [0.25, 0.3) is 0 Å². The molecule has 0 atom stereocenters. The van der Waals surface area contributed by atoms with Crippen molar-refractivity contribution in [3.05, 3.63) is 24.0 Å². The molecule has 0 saturated carbocycles. The SMILES string of the molecule is CN1CCC(Oc2cccnc2C(N)=S)CC1. The summed E-state index contributed by atoms with van der Waals surface area (Å²) < 4.78 is 5.94. The summed E-state index contributed by atoms with van der Waals surface area (Å²) in [6.07, 6.45) is 3.98. The molecule has 1 fully saturated rings. The number of likely N-dealkylation sites (tertiary alicyclic amines) is 1. The van der Waals surface area contributed by atoms with Crippen molar-refractivity contribution in [1.82, 2.24) is 9.88 Å². The Labute approximate surface area is 107 Å². The van der Waals surface area contributed by atoms with Gasteiger partial charge >= 0.3 is 0 Å². The highest BCUT2D eigenvalue weighted by Crippen LogP contribution is 2.21. The van der Waals surface area contributed by atoms with Gasteiger partial charge in [0.05, 0.1) is 0 Å². The van der Waals surface area contributed by atoms with Crippen molar-refractivity contribution in [3.63, 3.8) is 0 Å². The van der Waals surface area contributed by atoms with Gasteiger partial charge in [-0.25, -0.2) is 4.98 Å². The van der Waals surface area contributed by atoms with Crippen molar-refractivity contribution in [1.29, 1.82) is 0 Å². The number of hydrogen-bond donors (Lipinski definition) is 1. The standard InChI is InChI=1S/C12H17N3OS/c1-15-7-4-9(5-8-15)16-10-3-2-6-14-11(10)12(13)17/h2-3,6,9H,4-5,7-8H2,1H3,(H2,13,17). The van der Waals surface area contributed by atoms with E-state index in [2.05, 4.69) is 16.9 Å². The van der Waals surface area contributed by atoms with Gasteiger partial charge < -0.3 is 15.4 Å². The quantitative estimate of drug-likeness (QED) is 0.818. The first-order valence-corrected chi connectivity index (χ1v) is 6.17. The lowest BCUT2D eigenvalue weighted by atomic mass is 10.1. The van der Waals surface area contributed by atoms with Crippen LogP contribution in [0.25, 0.3) is 0 Å². The first kappa shape index (κ1) is 12.3. The second-order valence-corrected chi connectivity index (χ2v) is 4.77. The monoisotopic (exact) mass is 251 g/mol. The zero-order valence-corrected chi connectivity index (χ0v) is 10.7. The minimum absolute atomic E-state index is 0.239. The van der Waals surface area contributed by atoms with E-state index in [1.165, 1.54) is 0 Å². The van der Waals surface area contributed by atoms with Gasteiger partial charge in [-0.1, -0.05) is 12.2 Å². The van der Waals surface area contributed by atoms with E-state index < -0.39 is 0 Å². The molecule has 0 aromatic carbocycles. The molecular weight excluding hydrogens is 234 g/mol. The third-order valence-corrected chi connectivity index (χ3v) is 3.16. The molecule has 4 nitrogen and oxygen atoms in total. The third kappa shape index (κ3) is 3.14. The van der Waals surface area contributed by atoms with Gasteiger partial charge in [-0.3, -0.25) is 0 Å². The third-order valence-electron chi connectivity index (χ3n) is 2.96. The van der Waals surface area contributed by atoms with Gasteiger partial charge in [-0.15, -0.1) is 0 Å². The number of nitrogens with two attached hydrogens (primary N) is 1. The number of nitrogens with zero attached hydrogens (tertiary/aromatic N) is 2. The molecule has 0 bridgehead atoms. The maximum absolute atomic E-state index is 5.94. The molecule has 1 aliphatic rings. The summed E-state index contributed by atoms with van der Waals surface area (Å²) in [5.74, 6) is 0.703. The Morgan fingerprint density at radius 2 is 2.24 bits per heavy atom. The summed E-state index contributed by atoms with van der Waals surface area (Å²) in [6, 6.07) is 3.71. The maximum Gasteiger partial charge on any atom is 0.148 e. The highest BCUT2D eigenvalue weighted by Gasteiger charge is 2.19. The molecule has 1 aromatic rings. The average Bonchev–Trinajstić information content (AvgIpc) is 2.32. The first-order chi connectivity index (χ1) is 8.16. The fraction of sp³-hybridized carbons (Fsp3) is 0.500. The molecule has 2 N–H and O–H groups in total. The fourth-order valence-corrected chi connectivity index (χ4v) is 2.11. The summed E-state index contributed by atoms with van der Waals surface area (Å²) in [7, 11) is 2.13. The number of ether oxygens (including phenoxy) is 1. The number of piperidine rings is 1. The number of thiocarbonyl (C=S) groups is 1. The number of aromatic nitrogens is 1. The minimum Gasteiger partial charge on any atom is -0.488 e. The molecule has 0 unspecified atom stereocenters. The van der Waals surface area contributed by atoms with Crippen molar-refractivity contribution in [3.8, 4) is 5.75 Å². The van der Waals surface area contributed by atoms with Crippen LogP contribution in [0.3, 0.4) is 0 Å². The lowest BCUT2D eigenvalue weighted by Crippen LogP contribution is -2.36. The molecule has 92 valence electrons. The van der Waals surface area contributed by atoms with E-state index in [1.54, 1.807) is 6.20 Å². The van der Waals surface area contributed by atoms with Crippen LogP contribution in [0.1, 0.15) is 18.5 Å². The molecule has 0 radical (unpaired) electrons. The Morgan fingerprint density at radius 1 is 1.53 bits per heavy atom. The van der Waals surface area contributed by atoms with Crippen LogP contribution in [-0.4, -0.2) is 41.1 Å². The number of rotatable bonds is 3. The van der Waals surface area contributed by atoms with Crippen LogP contribution in [0, 0.1) is 0 Å². The van der Waals surface area contributed by atoms with Crippen LogP contribution >= 0.6 is 12.2 Å². The van der Waals surface area contributed by atoms with Crippen molar-refractivity contribution in [2.75, 3.05) is 20.1 Å². The molecule has 1 aliphatic heterocycles. The molecule has 2 rings (SSSR count). The topological polar surface area (TPSA) is 51.4 Å². The van der Waals surface area contributed by atoms with Crippen LogP contribution in [0.15, 0.2) is 18.3 Å². The van der Waals surface area contributed by atoms with E-state index in [0.29, 0.717) is 11.4 Å². The Bertz CT molecular complexity index is 402. The molecule has 1 aromatic heterocycles. The van der Waals surface area contributed by atoms with Gasteiger partial charge in [0, 0.05) is 19.3 Å². The van der Waals surface area contributed by atoms with Crippen LogP contribution in [-0.2, 0) is 0 Å². The van der Waals surface area contributed by atoms with Crippen LogP contribution < -0.4 is 10.5 Å². The van der Waals surface area contributed by atoms with E-state index in [-0.39, 0.29) is 11.1 Å². The Morgan fingerprint density at radius 3 is 2.88 bits per heavy atom. The highest BCUT2D eigenvalue weighted by atomic mass is 32.1. The molecule has 0 spiro atoms. The van der Waals surface area contributed by atoms with Crippen LogP contribution in [0.2, 0.25) is 0 Å². The molecule has 2 heterocycles. The second kappa shape index (κ2) is 5.42. The van der Waals surface area contributed by atoms with Crippen molar-refractivity contribution in [2.45, 2.75) is 18.9 Å². The van der Waals surface area contributed by atoms with Gasteiger partial charge in [0.2, 0.25) is 0 Å². The number of pyridine rings is 1. The number of hydrogen-bond acceptors (Lipinski definition) is 4. The van der Waals surface area contributed by atoms with E-state index in [9.17, 15) is 0 Å². The molecule has 17 heavy (non-hydrogen) atoms. The Kier molecular flexibility index (Phi) is 3.91. The van der Waals surface area contributed by atoms with Gasteiger partial charge in [-0.2, -0.15) is 0 Å². The van der Waals surface area contributed by atoms with Gasteiger partial charge in [0.15, 0.2) is 0 Å². The predicted molar refractivity (Wildman–Crippen MR) is 71.3 cm³/mol. The lowest BCUT2D eigenvalue weighted by molar-refractivity contribution is 0.114. The summed E-state index contributed by atoms with van der Waals surface area (Å²) in [6.45, 7) is 2.13. The highest BCUT2D eigenvalue weighted by molar-refractivity contribution is 7.80. The largest absolute Gasteiger partial charge is 0.488 e. The molecular formula is C12H17N3OS. The van der Waals surface area contributed by atoms with E-state index in [1.807, 2.05) is 12.1 Å². The minimum atomic E-state index is 0.239. The summed E-state index contributed by atoms with van der Waals surface area (Å²) >= 11 is 4.96.